The zero-order valence-electron chi connectivity index (χ0n) is 16.6. The number of aryl methyl sites for hydroxylation is 1. The Labute approximate surface area is 174 Å². The van der Waals surface area contributed by atoms with E-state index >= 15 is 0 Å². The van der Waals surface area contributed by atoms with Crippen LogP contribution in [0.4, 0.5) is 0 Å². The Kier molecular flexibility index (Phi) is 5.22. The van der Waals surface area contributed by atoms with Gasteiger partial charge < -0.3 is 9.47 Å². The van der Waals surface area contributed by atoms with Crippen molar-refractivity contribution in [2.75, 3.05) is 12.4 Å². The number of rotatable bonds is 6. The molecule has 2 atom stereocenters. The third kappa shape index (κ3) is 4.00. The van der Waals surface area contributed by atoms with Gasteiger partial charge in [-0.1, -0.05) is 6.07 Å². The van der Waals surface area contributed by atoms with Crippen LogP contribution in [0.2, 0.25) is 0 Å². The lowest BCUT2D eigenvalue weighted by Gasteiger charge is -2.53. The van der Waals surface area contributed by atoms with Crippen molar-refractivity contribution >= 4 is 27.8 Å². The molecule has 4 saturated carbocycles. The highest BCUT2D eigenvalue weighted by Gasteiger charge is 2.59. The summed E-state index contributed by atoms with van der Waals surface area (Å²) in [6, 6.07) is 4.67. The number of ether oxygens (including phenoxy) is 2. The lowest BCUT2D eigenvalue weighted by atomic mass is 9.49. The largest absolute Gasteiger partial charge is 0.461 e. The summed E-state index contributed by atoms with van der Waals surface area (Å²) < 4.78 is 41.0. The second kappa shape index (κ2) is 7.46. The standard InChI is InChI=1S/C21H24O8S/c1-12-2-3-16(19(23)28-4-5-30(25,26)27)17(6-12)29-20(24)21-9-13-7-14(10-21)18(22)15(8-13)11-21/h2-3,6,13-15H,4-5,7-11H2,1H3,(H,25,26,27). The highest BCUT2D eigenvalue weighted by Crippen LogP contribution is 2.59. The van der Waals surface area contributed by atoms with E-state index in [9.17, 15) is 22.8 Å². The molecule has 9 heteroatoms. The fourth-order valence-corrected chi connectivity index (χ4v) is 5.70. The van der Waals surface area contributed by atoms with Crippen LogP contribution in [-0.2, 0) is 24.4 Å². The Hall–Kier alpha value is -2.26. The summed E-state index contributed by atoms with van der Waals surface area (Å²) in [5.74, 6) is -1.46. The van der Waals surface area contributed by atoms with Crippen molar-refractivity contribution in [3.8, 4) is 5.75 Å². The molecule has 0 amide bonds. The minimum atomic E-state index is -4.26. The summed E-state index contributed by atoms with van der Waals surface area (Å²) in [5, 5.41) is 0. The van der Waals surface area contributed by atoms with Crippen LogP contribution in [0.5, 0.6) is 5.75 Å². The van der Waals surface area contributed by atoms with E-state index in [0.717, 1.165) is 18.4 Å². The highest BCUT2D eigenvalue weighted by molar-refractivity contribution is 7.85. The first-order valence-electron chi connectivity index (χ1n) is 10.1. The normalized spacial score (nSPS) is 29.7. The smallest absolute Gasteiger partial charge is 0.341 e. The van der Waals surface area contributed by atoms with E-state index in [1.54, 1.807) is 19.1 Å². The van der Waals surface area contributed by atoms with Gasteiger partial charge in [0, 0.05) is 11.8 Å². The molecule has 30 heavy (non-hydrogen) atoms. The zero-order chi connectivity index (χ0) is 21.7. The van der Waals surface area contributed by atoms with Gasteiger partial charge in [0.05, 0.1) is 5.41 Å². The topological polar surface area (TPSA) is 124 Å². The molecule has 8 nitrogen and oxygen atoms in total. The maximum Gasteiger partial charge on any atom is 0.341 e. The van der Waals surface area contributed by atoms with Crippen LogP contribution in [-0.4, -0.2) is 43.1 Å². The van der Waals surface area contributed by atoms with E-state index in [-0.39, 0.29) is 28.9 Å². The quantitative estimate of drug-likeness (QED) is 0.409. The molecular formula is C21H24O8S. The fourth-order valence-electron chi connectivity index (χ4n) is 5.41. The van der Waals surface area contributed by atoms with E-state index in [1.165, 1.54) is 6.07 Å². The fraction of sp³-hybridized carbons (Fsp3) is 0.571. The molecule has 0 saturated heterocycles. The van der Waals surface area contributed by atoms with Gasteiger partial charge in [-0.25, -0.2) is 4.79 Å². The molecule has 0 radical (unpaired) electrons. The molecule has 4 bridgehead atoms. The summed E-state index contributed by atoms with van der Waals surface area (Å²) in [6.07, 6.45) is 3.39. The van der Waals surface area contributed by atoms with E-state index in [0.29, 0.717) is 25.2 Å². The monoisotopic (exact) mass is 436 g/mol. The zero-order valence-corrected chi connectivity index (χ0v) is 17.4. The van der Waals surface area contributed by atoms with Gasteiger partial charge in [-0.05, 0) is 62.6 Å². The molecule has 1 aromatic rings. The number of hydrogen-bond donors (Lipinski definition) is 1. The predicted molar refractivity (Wildman–Crippen MR) is 105 cm³/mol. The third-order valence-electron chi connectivity index (χ3n) is 6.56. The number of ketones is 1. The van der Waals surface area contributed by atoms with Crippen LogP contribution in [0.1, 0.15) is 48.0 Å². The van der Waals surface area contributed by atoms with Crippen LogP contribution in [0, 0.1) is 30.1 Å². The molecule has 0 spiro atoms. The lowest BCUT2D eigenvalue weighted by Crippen LogP contribution is -2.55. The first-order valence-corrected chi connectivity index (χ1v) is 11.7. The SMILES string of the molecule is Cc1ccc(C(=O)OCCS(=O)(=O)O)c(OC(=O)C23CC4CC(C2)C(=O)C(C4)C3)c1. The molecule has 1 aromatic carbocycles. The summed E-state index contributed by atoms with van der Waals surface area (Å²) in [7, 11) is -4.26. The average molecular weight is 436 g/mol. The van der Waals surface area contributed by atoms with Gasteiger partial charge in [0.15, 0.2) is 0 Å². The average Bonchev–Trinajstić information content (AvgIpc) is 2.64. The molecular weight excluding hydrogens is 412 g/mol. The van der Waals surface area contributed by atoms with Gasteiger partial charge in [-0.3, -0.25) is 14.1 Å². The van der Waals surface area contributed by atoms with Gasteiger partial charge in [-0.2, -0.15) is 8.42 Å². The van der Waals surface area contributed by atoms with Gasteiger partial charge in [-0.15, -0.1) is 0 Å². The maximum atomic E-state index is 13.2. The molecule has 0 heterocycles. The minimum absolute atomic E-state index is 0.00472. The highest BCUT2D eigenvalue weighted by atomic mass is 32.2. The van der Waals surface area contributed by atoms with Crippen molar-refractivity contribution in [1.82, 2.24) is 0 Å². The van der Waals surface area contributed by atoms with Crippen LogP contribution < -0.4 is 4.74 Å². The Bertz CT molecular complexity index is 994. The van der Waals surface area contributed by atoms with E-state index in [1.807, 2.05) is 0 Å². The molecule has 2 unspecified atom stereocenters. The Morgan fingerprint density at radius 3 is 2.47 bits per heavy atom. The molecule has 162 valence electrons. The van der Waals surface area contributed by atoms with E-state index in [4.69, 9.17) is 14.0 Å². The van der Waals surface area contributed by atoms with Crippen LogP contribution in [0.25, 0.3) is 0 Å². The molecule has 4 aliphatic carbocycles. The van der Waals surface area contributed by atoms with Crippen molar-refractivity contribution < 1.29 is 36.8 Å². The van der Waals surface area contributed by atoms with Crippen LogP contribution in [0.3, 0.4) is 0 Å². The number of carbonyl (C=O) groups is 3. The number of benzene rings is 1. The molecule has 1 N–H and O–H groups in total. The second-order valence-corrected chi connectivity index (χ2v) is 10.4. The number of hydrogen-bond acceptors (Lipinski definition) is 7. The van der Waals surface area contributed by atoms with E-state index in [2.05, 4.69) is 0 Å². The molecule has 0 aromatic heterocycles. The van der Waals surface area contributed by atoms with Gasteiger partial charge in [0.25, 0.3) is 10.1 Å². The summed E-state index contributed by atoms with van der Waals surface area (Å²) in [5.41, 5.74) is 0.0818. The van der Waals surface area contributed by atoms with Gasteiger partial charge >= 0.3 is 11.9 Å². The van der Waals surface area contributed by atoms with Crippen LogP contribution >= 0.6 is 0 Å². The van der Waals surface area contributed by atoms with Crippen molar-refractivity contribution in [2.45, 2.75) is 39.0 Å². The summed E-state index contributed by atoms with van der Waals surface area (Å²) in [4.78, 5) is 38.0. The molecule has 0 aliphatic heterocycles. The predicted octanol–water partition coefficient (Wildman–Crippen LogP) is 2.34. The molecule has 4 aliphatic rings. The maximum absolute atomic E-state index is 13.2. The summed E-state index contributed by atoms with van der Waals surface area (Å²) in [6.45, 7) is 1.27. The molecule has 4 fully saturated rings. The van der Waals surface area contributed by atoms with Crippen molar-refractivity contribution in [2.24, 2.45) is 23.2 Å². The number of esters is 2. The molecule has 5 rings (SSSR count). The Morgan fingerprint density at radius 1 is 1.17 bits per heavy atom. The van der Waals surface area contributed by atoms with Crippen LogP contribution in [0.15, 0.2) is 18.2 Å². The minimum Gasteiger partial charge on any atom is -0.461 e. The Balaban J connectivity index is 1.52. The first kappa shape index (κ1) is 21.0. The van der Waals surface area contributed by atoms with Crippen molar-refractivity contribution in [3.63, 3.8) is 0 Å². The van der Waals surface area contributed by atoms with Gasteiger partial charge in [0.1, 0.15) is 29.5 Å². The van der Waals surface area contributed by atoms with Crippen molar-refractivity contribution in [1.29, 1.82) is 0 Å². The lowest BCUT2D eigenvalue weighted by molar-refractivity contribution is -0.166. The third-order valence-corrected chi connectivity index (χ3v) is 7.24. The number of carbonyl (C=O) groups excluding carboxylic acids is 3. The first-order chi connectivity index (χ1) is 14.1. The Morgan fingerprint density at radius 2 is 1.83 bits per heavy atom. The number of Topliss-reactive ketones (excluding diaryl/α,β-unsaturated/α-hetero) is 1. The second-order valence-electron chi connectivity index (χ2n) is 8.84. The summed E-state index contributed by atoms with van der Waals surface area (Å²) >= 11 is 0. The van der Waals surface area contributed by atoms with E-state index < -0.39 is 39.8 Å². The van der Waals surface area contributed by atoms with Crippen molar-refractivity contribution in [3.05, 3.63) is 29.3 Å². The van der Waals surface area contributed by atoms with Gasteiger partial charge in [0.2, 0.25) is 0 Å².